The molecule has 6 nitrogen and oxygen atoms in total. The molecule has 3 heterocycles. The molecule has 0 amide bonds. The SMILES string of the molecule is CCNC(=NCc1nc2ccccc2n1C)NC1CCN(c2cccs2)CC1. The van der Waals surface area contributed by atoms with E-state index >= 15 is 0 Å². The molecule has 1 saturated heterocycles. The van der Waals surface area contributed by atoms with E-state index < -0.39 is 0 Å². The van der Waals surface area contributed by atoms with Gasteiger partial charge in [0.05, 0.1) is 16.0 Å². The summed E-state index contributed by atoms with van der Waals surface area (Å²) in [5.74, 6) is 1.86. The van der Waals surface area contributed by atoms with Gasteiger partial charge in [0.1, 0.15) is 12.4 Å². The van der Waals surface area contributed by atoms with E-state index in [0.29, 0.717) is 12.6 Å². The molecule has 2 N–H and O–H groups in total. The highest BCUT2D eigenvalue weighted by molar-refractivity contribution is 7.14. The first kappa shape index (κ1) is 18.8. The van der Waals surface area contributed by atoms with Crippen molar-refractivity contribution in [3.63, 3.8) is 0 Å². The summed E-state index contributed by atoms with van der Waals surface area (Å²) in [6, 6.07) is 13.0. The number of hydrogen-bond donors (Lipinski definition) is 2. The average molecular weight is 397 g/mol. The number of nitrogens with one attached hydrogen (secondary N) is 2. The smallest absolute Gasteiger partial charge is 0.191 e. The van der Waals surface area contributed by atoms with Gasteiger partial charge in [0.15, 0.2) is 5.96 Å². The molecule has 0 radical (unpaired) electrons. The fourth-order valence-electron chi connectivity index (χ4n) is 3.69. The molecular formula is C21H28N6S. The van der Waals surface area contributed by atoms with Gasteiger partial charge in [-0.3, -0.25) is 0 Å². The van der Waals surface area contributed by atoms with Crippen LogP contribution in [0, 0.1) is 0 Å². The third-order valence-electron chi connectivity index (χ3n) is 5.26. The Morgan fingerprint density at radius 3 is 2.75 bits per heavy atom. The zero-order valence-corrected chi connectivity index (χ0v) is 17.4. The molecule has 1 aromatic carbocycles. The molecule has 0 bridgehead atoms. The lowest BCUT2D eigenvalue weighted by molar-refractivity contribution is 0.462. The van der Waals surface area contributed by atoms with Gasteiger partial charge in [0, 0.05) is 32.7 Å². The Morgan fingerprint density at radius 1 is 1.21 bits per heavy atom. The zero-order valence-electron chi connectivity index (χ0n) is 16.6. The number of hydrogen-bond acceptors (Lipinski definition) is 4. The molecule has 0 atom stereocenters. The molecule has 0 unspecified atom stereocenters. The molecule has 0 aliphatic carbocycles. The number of aromatic nitrogens is 2. The van der Waals surface area contributed by atoms with Crippen molar-refractivity contribution >= 4 is 33.3 Å². The van der Waals surface area contributed by atoms with E-state index in [2.05, 4.69) is 57.7 Å². The van der Waals surface area contributed by atoms with Crippen LogP contribution in [0.1, 0.15) is 25.6 Å². The summed E-state index contributed by atoms with van der Waals surface area (Å²) in [6.07, 6.45) is 2.24. The van der Waals surface area contributed by atoms with E-state index in [1.807, 2.05) is 29.5 Å². The summed E-state index contributed by atoms with van der Waals surface area (Å²) in [5.41, 5.74) is 2.17. The molecule has 28 heavy (non-hydrogen) atoms. The molecule has 3 aromatic rings. The fraction of sp³-hybridized carbons (Fsp3) is 0.429. The van der Waals surface area contributed by atoms with E-state index in [4.69, 9.17) is 9.98 Å². The van der Waals surface area contributed by atoms with Crippen LogP contribution in [0.25, 0.3) is 11.0 Å². The molecule has 2 aromatic heterocycles. The average Bonchev–Trinajstić information content (AvgIpc) is 3.36. The van der Waals surface area contributed by atoms with Crippen molar-refractivity contribution in [1.82, 2.24) is 20.2 Å². The van der Waals surface area contributed by atoms with Gasteiger partial charge < -0.3 is 20.1 Å². The molecule has 4 rings (SSSR count). The van der Waals surface area contributed by atoms with E-state index in [1.54, 1.807) is 0 Å². The van der Waals surface area contributed by atoms with Crippen LogP contribution in [0.3, 0.4) is 0 Å². The Labute approximate surface area is 170 Å². The van der Waals surface area contributed by atoms with Gasteiger partial charge in [0.2, 0.25) is 0 Å². The molecular weight excluding hydrogens is 368 g/mol. The second-order valence-corrected chi connectivity index (χ2v) is 8.05. The van der Waals surface area contributed by atoms with Gasteiger partial charge in [-0.05, 0) is 49.4 Å². The Hall–Kier alpha value is -2.54. The summed E-state index contributed by atoms with van der Waals surface area (Å²) in [7, 11) is 2.06. The number of benzene rings is 1. The fourth-order valence-corrected chi connectivity index (χ4v) is 4.48. The number of piperidine rings is 1. The highest BCUT2D eigenvalue weighted by atomic mass is 32.1. The van der Waals surface area contributed by atoms with Gasteiger partial charge in [0.25, 0.3) is 0 Å². The van der Waals surface area contributed by atoms with Crippen molar-refractivity contribution in [2.75, 3.05) is 24.5 Å². The third kappa shape index (κ3) is 4.14. The van der Waals surface area contributed by atoms with Crippen molar-refractivity contribution < 1.29 is 0 Å². The van der Waals surface area contributed by atoms with E-state index in [-0.39, 0.29) is 0 Å². The van der Waals surface area contributed by atoms with Crippen LogP contribution >= 0.6 is 11.3 Å². The van der Waals surface area contributed by atoms with Gasteiger partial charge in [-0.25, -0.2) is 9.98 Å². The number of aliphatic imine (C=N–C) groups is 1. The summed E-state index contributed by atoms with van der Waals surface area (Å²) in [4.78, 5) is 12.0. The van der Waals surface area contributed by atoms with Gasteiger partial charge >= 0.3 is 0 Å². The number of imidazole rings is 1. The number of guanidine groups is 1. The van der Waals surface area contributed by atoms with Crippen molar-refractivity contribution in [3.05, 3.63) is 47.6 Å². The Kier molecular flexibility index (Phi) is 5.81. The molecule has 7 heteroatoms. The number of para-hydroxylation sites is 2. The lowest BCUT2D eigenvalue weighted by Gasteiger charge is -2.33. The molecule has 1 aliphatic heterocycles. The molecule has 1 fully saturated rings. The largest absolute Gasteiger partial charge is 0.363 e. The number of anilines is 1. The quantitative estimate of drug-likeness (QED) is 0.513. The third-order valence-corrected chi connectivity index (χ3v) is 6.19. The lowest BCUT2D eigenvalue weighted by Crippen LogP contribution is -2.48. The second-order valence-electron chi connectivity index (χ2n) is 7.13. The topological polar surface area (TPSA) is 57.5 Å². The van der Waals surface area contributed by atoms with Crippen LogP contribution in [0.2, 0.25) is 0 Å². The second kappa shape index (κ2) is 8.65. The number of nitrogens with zero attached hydrogens (tertiary/aromatic N) is 4. The number of thiophene rings is 1. The zero-order chi connectivity index (χ0) is 19.3. The Morgan fingerprint density at radius 2 is 2.04 bits per heavy atom. The van der Waals surface area contributed by atoms with E-state index in [1.165, 1.54) is 5.00 Å². The first-order valence-corrected chi connectivity index (χ1v) is 10.9. The van der Waals surface area contributed by atoms with E-state index in [9.17, 15) is 0 Å². The van der Waals surface area contributed by atoms with Gasteiger partial charge in [-0.15, -0.1) is 11.3 Å². The summed E-state index contributed by atoms with van der Waals surface area (Å²) < 4.78 is 2.13. The highest BCUT2D eigenvalue weighted by Gasteiger charge is 2.20. The number of aryl methyl sites for hydroxylation is 1. The lowest BCUT2D eigenvalue weighted by atomic mass is 10.1. The summed E-state index contributed by atoms with van der Waals surface area (Å²) in [5, 5.41) is 10.5. The highest BCUT2D eigenvalue weighted by Crippen LogP contribution is 2.24. The van der Waals surface area contributed by atoms with Crippen LogP contribution in [0.5, 0.6) is 0 Å². The maximum atomic E-state index is 4.80. The minimum atomic E-state index is 0.453. The first-order chi connectivity index (χ1) is 13.7. The predicted octanol–water partition coefficient (Wildman–Crippen LogP) is 3.36. The number of rotatable bonds is 5. The first-order valence-electron chi connectivity index (χ1n) is 9.98. The summed E-state index contributed by atoms with van der Waals surface area (Å²) >= 11 is 1.82. The molecule has 0 spiro atoms. The molecule has 148 valence electrons. The Bertz CT molecular complexity index is 922. The van der Waals surface area contributed by atoms with Crippen molar-refractivity contribution in [2.24, 2.45) is 12.0 Å². The van der Waals surface area contributed by atoms with Crippen LogP contribution in [-0.2, 0) is 13.6 Å². The van der Waals surface area contributed by atoms with Crippen LogP contribution < -0.4 is 15.5 Å². The van der Waals surface area contributed by atoms with Crippen molar-refractivity contribution in [2.45, 2.75) is 32.4 Å². The monoisotopic (exact) mass is 396 g/mol. The van der Waals surface area contributed by atoms with E-state index in [0.717, 1.165) is 55.3 Å². The van der Waals surface area contributed by atoms with Crippen molar-refractivity contribution in [3.8, 4) is 0 Å². The Balaban J connectivity index is 1.39. The van der Waals surface area contributed by atoms with Crippen LogP contribution in [-0.4, -0.2) is 41.2 Å². The van der Waals surface area contributed by atoms with Crippen LogP contribution in [0.4, 0.5) is 5.00 Å². The van der Waals surface area contributed by atoms with Gasteiger partial charge in [-0.2, -0.15) is 0 Å². The standard InChI is InChI=1S/C21H28N6S/c1-3-22-21(23-15-19-25-17-7-4-5-8-18(17)26(19)2)24-16-10-12-27(13-11-16)20-9-6-14-28-20/h4-9,14,16H,3,10-13,15H2,1-2H3,(H2,22,23,24). The minimum Gasteiger partial charge on any atom is -0.363 e. The van der Waals surface area contributed by atoms with Crippen molar-refractivity contribution in [1.29, 1.82) is 0 Å². The van der Waals surface area contributed by atoms with Gasteiger partial charge in [-0.1, -0.05) is 12.1 Å². The summed E-state index contributed by atoms with van der Waals surface area (Å²) in [6.45, 7) is 5.69. The van der Waals surface area contributed by atoms with Crippen LogP contribution in [0.15, 0.2) is 46.8 Å². The molecule has 0 saturated carbocycles. The maximum Gasteiger partial charge on any atom is 0.191 e. The maximum absolute atomic E-state index is 4.80. The molecule has 1 aliphatic rings. The number of fused-ring (bicyclic) bond motifs is 1. The normalized spacial score (nSPS) is 15.9. The predicted molar refractivity (Wildman–Crippen MR) is 118 cm³/mol. The minimum absolute atomic E-state index is 0.453.